The van der Waals surface area contributed by atoms with Crippen LogP contribution in [-0.2, 0) is 4.74 Å². The molecule has 10 heteroatoms. The lowest BCUT2D eigenvalue weighted by Crippen LogP contribution is -2.16. The number of ether oxygens (including phenoxy) is 1. The highest BCUT2D eigenvalue weighted by atomic mass is 35.5. The Morgan fingerprint density at radius 2 is 1.80 bits per heavy atom. The monoisotopic (exact) mass is 490 g/mol. The highest BCUT2D eigenvalue weighted by Crippen LogP contribution is 2.25. The quantitative estimate of drug-likeness (QED) is 0.346. The number of anilines is 3. The summed E-state index contributed by atoms with van der Waals surface area (Å²) in [6.45, 7) is 5.65. The van der Waals surface area contributed by atoms with Crippen molar-refractivity contribution in [1.82, 2.24) is 19.7 Å². The van der Waals surface area contributed by atoms with Crippen molar-refractivity contribution in [2.24, 2.45) is 0 Å². The first kappa shape index (κ1) is 23.9. The number of esters is 1. The molecule has 1 amide bonds. The summed E-state index contributed by atoms with van der Waals surface area (Å²) in [5, 5.41) is 10.9. The van der Waals surface area contributed by atoms with Gasteiger partial charge in [0.05, 0.1) is 23.6 Å². The smallest absolute Gasteiger partial charge is 0.343 e. The van der Waals surface area contributed by atoms with Crippen LogP contribution in [0.2, 0.25) is 5.02 Å². The number of hydrogen-bond donors (Lipinski definition) is 2. The van der Waals surface area contributed by atoms with Crippen LogP contribution in [0, 0.1) is 13.8 Å². The molecule has 0 aliphatic rings. The zero-order chi connectivity index (χ0) is 24.9. The first-order valence-electron chi connectivity index (χ1n) is 10.9. The van der Waals surface area contributed by atoms with Crippen LogP contribution in [0.5, 0.6) is 0 Å². The van der Waals surface area contributed by atoms with Crippen molar-refractivity contribution in [3.05, 3.63) is 88.3 Å². The highest BCUT2D eigenvalue weighted by molar-refractivity contribution is 6.30. The van der Waals surface area contributed by atoms with Crippen molar-refractivity contribution in [3.8, 4) is 5.95 Å². The van der Waals surface area contributed by atoms with E-state index in [0.717, 1.165) is 11.4 Å². The van der Waals surface area contributed by atoms with Crippen LogP contribution in [0.15, 0.2) is 60.8 Å². The number of benzene rings is 2. The zero-order valence-corrected chi connectivity index (χ0v) is 20.1. The summed E-state index contributed by atoms with van der Waals surface area (Å²) in [7, 11) is 0. The summed E-state index contributed by atoms with van der Waals surface area (Å²) in [5.74, 6) is -0.471. The standard InChI is InChI=1S/C25H23ClN6O3/c1-4-35-24(34)20-14-27-25(32-16(3)13-15(2)31-32)30-22(20)29-21-8-6-5-7-19(21)23(33)28-18-11-9-17(26)10-12-18/h5-14H,4H2,1-3H3,(H,28,33)(H,27,29,30). The number of nitrogens with one attached hydrogen (secondary N) is 2. The molecule has 2 N–H and O–H groups in total. The van der Waals surface area contributed by atoms with Crippen LogP contribution in [0.4, 0.5) is 17.2 Å². The SMILES string of the molecule is CCOC(=O)c1cnc(-n2nc(C)cc2C)nc1Nc1ccccc1C(=O)Nc1ccc(Cl)cc1. The van der Waals surface area contributed by atoms with Gasteiger partial charge in [0.1, 0.15) is 5.56 Å². The third-order valence-corrected chi connectivity index (χ3v) is 5.25. The van der Waals surface area contributed by atoms with Gasteiger partial charge in [-0.15, -0.1) is 0 Å². The van der Waals surface area contributed by atoms with E-state index in [1.165, 1.54) is 6.20 Å². The maximum Gasteiger partial charge on any atom is 0.343 e. The number of aromatic nitrogens is 4. The first-order valence-corrected chi connectivity index (χ1v) is 11.2. The van der Waals surface area contributed by atoms with E-state index in [9.17, 15) is 9.59 Å². The van der Waals surface area contributed by atoms with Gasteiger partial charge in [-0.25, -0.2) is 14.5 Å². The van der Waals surface area contributed by atoms with Gasteiger partial charge in [-0.1, -0.05) is 23.7 Å². The second-order valence-electron chi connectivity index (χ2n) is 7.62. The molecule has 0 aliphatic heterocycles. The lowest BCUT2D eigenvalue weighted by Gasteiger charge is -2.15. The van der Waals surface area contributed by atoms with E-state index < -0.39 is 5.97 Å². The Morgan fingerprint density at radius 1 is 1.06 bits per heavy atom. The Bertz CT molecular complexity index is 1380. The van der Waals surface area contributed by atoms with Crippen molar-refractivity contribution < 1.29 is 14.3 Å². The van der Waals surface area contributed by atoms with E-state index in [2.05, 4.69) is 25.7 Å². The molecular formula is C25H23ClN6O3. The van der Waals surface area contributed by atoms with Gasteiger partial charge in [0.25, 0.3) is 11.9 Å². The number of aryl methyl sites for hydroxylation is 2. The molecule has 0 saturated heterocycles. The van der Waals surface area contributed by atoms with Crippen LogP contribution < -0.4 is 10.6 Å². The average molecular weight is 491 g/mol. The predicted octanol–water partition coefficient (Wildman–Crippen LogP) is 5.11. The number of nitrogens with zero attached hydrogens (tertiary/aromatic N) is 4. The van der Waals surface area contributed by atoms with Crippen molar-refractivity contribution in [1.29, 1.82) is 0 Å². The van der Waals surface area contributed by atoms with E-state index in [1.807, 2.05) is 19.9 Å². The Hall–Kier alpha value is -4.24. The van der Waals surface area contributed by atoms with Crippen molar-refractivity contribution in [2.75, 3.05) is 17.2 Å². The van der Waals surface area contributed by atoms with E-state index in [1.54, 1.807) is 60.1 Å². The topological polar surface area (TPSA) is 111 Å². The summed E-state index contributed by atoms with van der Waals surface area (Å²) >= 11 is 5.93. The minimum Gasteiger partial charge on any atom is -0.462 e. The molecule has 9 nitrogen and oxygen atoms in total. The fourth-order valence-electron chi connectivity index (χ4n) is 3.41. The van der Waals surface area contributed by atoms with E-state index in [4.69, 9.17) is 16.3 Å². The molecule has 0 unspecified atom stereocenters. The fraction of sp³-hybridized carbons (Fsp3) is 0.160. The molecule has 0 radical (unpaired) electrons. The Morgan fingerprint density at radius 3 is 2.49 bits per heavy atom. The van der Waals surface area contributed by atoms with Crippen LogP contribution in [0.1, 0.15) is 39.0 Å². The maximum absolute atomic E-state index is 13.0. The van der Waals surface area contributed by atoms with Gasteiger partial charge >= 0.3 is 5.97 Å². The third kappa shape index (κ3) is 5.47. The number of amides is 1. The normalized spacial score (nSPS) is 10.6. The fourth-order valence-corrected chi connectivity index (χ4v) is 3.53. The largest absolute Gasteiger partial charge is 0.462 e. The summed E-state index contributed by atoms with van der Waals surface area (Å²) < 4.78 is 6.75. The van der Waals surface area contributed by atoms with Crippen LogP contribution in [0.3, 0.4) is 0 Å². The minimum absolute atomic E-state index is 0.130. The molecule has 0 spiro atoms. The molecular weight excluding hydrogens is 468 g/mol. The second-order valence-corrected chi connectivity index (χ2v) is 8.06. The molecule has 4 aromatic rings. The average Bonchev–Trinajstić information content (AvgIpc) is 3.18. The summed E-state index contributed by atoms with van der Waals surface area (Å²) in [5.41, 5.74) is 3.16. The summed E-state index contributed by atoms with van der Waals surface area (Å²) in [6.07, 6.45) is 1.38. The van der Waals surface area contributed by atoms with Crippen molar-refractivity contribution in [2.45, 2.75) is 20.8 Å². The molecule has 0 fully saturated rings. The minimum atomic E-state index is -0.585. The van der Waals surface area contributed by atoms with E-state index in [0.29, 0.717) is 22.0 Å². The number of hydrogen-bond acceptors (Lipinski definition) is 7. The molecule has 0 bridgehead atoms. The maximum atomic E-state index is 13.0. The van der Waals surface area contributed by atoms with Gasteiger partial charge in [-0.3, -0.25) is 4.79 Å². The molecule has 0 saturated carbocycles. The first-order chi connectivity index (χ1) is 16.9. The number of carbonyl (C=O) groups is 2. The Balaban J connectivity index is 1.71. The number of para-hydroxylation sites is 1. The van der Waals surface area contributed by atoms with Crippen molar-refractivity contribution >= 4 is 40.7 Å². The van der Waals surface area contributed by atoms with Crippen molar-refractivity contribution in [3.63, 3.8) is 0 Å². The molecule has 0 aliphatic carbocycles. The van der Waals surface area contributed by atoms with E-state index in [-0.39, 0.29) is 29.8 Å². The van der Waals surface area contributed by atoms with Crippen LogP contribution in [0.25, 0.3) is 5.95 Å². The van der Waals surface area contributed by atoms with Gasteiger partial charge in [-0.05, 0) is 63.2 Å². The van der Waals surface area contributed by atoms with Gasteiger partial charge in [0.15, 0.2) is 5.82 Å². The molecule has 178 valence electrons. The second kappa shape index (κ2) is 10.4. The molecule has 2 aromatic heterocycles. The van der Waals surface area contributed by atoms with Crippen LogP contribution in [-0.4, -0.2) is 38.2 Å². The third-order valence-electron chi connectivity index (χ3n) is 5.00. The molecule has 2 heterocycles. The van der Waals surface area contributed by atoms with Gasteiger partial charge in [0.2, 0.25) is 0 Å². The van der Waals surface area contributed by atoms with E-state index >= 15 is 0 Å². The number of rotatable bonds is 7. The number of halogens is 1. The van der Waals surface area contributed by atoms with Gasteiger partial charge in [-0.2, -0.15) is 10.1 Å². The highest BCUT2D eigenvalue weighted by Gasteiger charge is 2.20. The molecule has 2 aromatic carbocycles. The molecule has 4 rings (SSSR count). The lowest BCUT2D eigenvalue weighted by molar-refractivity contribution is 0.0526. The number of carbonyl (C=O) groups excluding carboxylic acids is 2. The molecule has 35 heavy (non-hydrogen) atoms. The summed E-state index contributed by atoms with van der Waals surface area (Å²) in [4.78, 5) is 34.5. The van der Waals surface area contributed by atoms with Gasteiger partial charge < -0.3 is 15.4 Å². The Kier molecular flexibility index (Phi) is 7.07. The Labute approximate surface area is 207 Å². The van der Waals surface area contributed by atoms with Crippen LogP contribution >= 0.6 is 11.6 Å². The predicted molar refractivity (Wildman–Crippen MR) is 134 cm³/mol. The summed E-state index contributed by atoms with van der Waals surface area (Å²) in [6, 6.07) is 15.6. The zero-order valence-electron chi connectivity index (χ0n) is 19.4. The lowest BCUT2D eigenvalue weighted by atomic mass is 10.1. The molecule has 0 atom stereocenters. The van der Waals surface area contributed by atoms with Gasteiger partial charge in [0, 0.05) is 22.6 Å².